The normalized spacial score (nSPS) is 10.7. The molecular weight excluding hydrogens is 245 g/mol. The van der Waals surface area contributed by atoms with Gasteiger partial charge in [-0.05, 0) is 37.4 Å². The number of rotatable bonds is 3. The smallest absolute Gasteiger partial charge is 0.131 e. The van der Waals surface area contributed by atoms with Crippen molar-refractivity contribution in [1.29, 1.82) is 0 Å². The minimum absolute atomic E-state index is 0.234. The third-order valence-corrected chi connectivity index (χ3v) is 3.56. The van der Waals surface area contributed by atoms with Crippen LogP contribution in [0.3, 0.4) is 0 Å². The van der Waals surface area contributed by atoms with E-state index < -0.39 is 0 Å². The highest BCUT2D eigenvalue weighted by atomic mass is 35.5. The first-order valence-corrected chi connectivity index (χ1v) is 6.09. The van der Waals surface area contributed by atoms with Crippen LogP contribution >= 0.6 is 22.9 Å². The summed E-state index contributed by atoms with van der Waals surface area (Å²) in [7, 11) is 1.89. The lowest BCUT2D eigenvalue weighted by Gasteiger charge is -2.00. The van der Waals surface area contributed by atoms with Gasteiger partial charge in [-0.3, -0.25) is 0 Å². The van der Waals surface area contributed by atoms with E-state index in [1.807, 2.05) is 19.2 Å². The van der Waals surface area contributed by atoms with E-state index in [4.69, 9.17) is 11.6 Å². The van der Waals surface area contributed by atoms with E-state index in [2.05, 4.69) is 5.32 Å². The van der Waals surface area contributed by atoms with Crippen molar-refractivity contribution in [2.45, 2.75) is 6.54 Å². The highest BCUT2D eigenvalue weighted by Gasteiger charge is 2.08. The fraction of sp³-hybridized carbons (Fsp3) is 0.167. The third-order valence-electron chi connectivity index (χ3n) is 2.21. The lowest BCUT2D eigenvalue weighted by molar-refractivity contribution is 0.632. The van der Waals surface area contributed by atoms with E-state index in [1.165, 1.54) is 10.9 Å². The summed E-state index contributed by atoms with van der Waals surface area (Å²) >= 11 is 7.43. The Labute approximate surface area is 103 Å². The monoisotopic (exact) mass is 255 g/mol. The Morgan fingerprint density at radius 1 is 1.31 bits per heavy atom. The van der Waals surface area contributed by atoms with Gasteiger partial charge in [0, 0.05) is 26.9 Å². The molecule has 4 heteroatoms. The predicted octanol–water partition coefficient (Wildman–Crippen LogP) is 3.93. The van der Waals surface area contributed by atoms with Crippen LogP contribution in [0.1, 0.15) is 4.88 Å². The molecule has 16 heavy (non-hydrogen) atoms. The zero-order chi connectivity index (χ0) is 11.5. The Bertz CT molecular complexity index is 496. The number of benzene rings is 1. The van der Waals surface area contributed by atoms with E-state index in [9.17, 15) is 4.39 Å². The van der Waals surface area contributed by atoms with E-state index in [1.54, 1.807) is 23.5 Å². The van der Waals surface area contributed by atoms with Crippen molar-refractivity contribution in [3.05, 3.63) is 46.0 Å². The van der Waals surface area contributed by atoms with Gasteiger partial charge >= 0.3 is 0 Å². The van der Waals surface area contributed by atoms with Crippen molar-refractivity contribution < 1.29 is 4.39 Å². The fourth-order valence-corrected chi connectivity index (χ4v) is 2.69. The first-order chi connectivity index (χ1) is 7.70. The van der Waals surface area contributed by atoms with Gasteiger partial charge < -0.3 is 5.32 Å². The average Bonchev–Trinajstić information content (AvgIpc) is 2.71. The van der Waals surface area contributed by atoms with Crippen LogP contribution < -0.4 is 5.32 Å². The molecule has 0 saturated heterocycles. The minimum atomic E-state index is -0.234. The van der Waals surface area contributed by atoms with Crippen LogP contribution in [0.25, 0.3) is 10.4 Å². The zero-order valence-corrected chi connectivity index (χ0v) is 10.3. The van der Waals surface area contributed by atoms with Crippen molar-refractivity contribution in [2.24, 2.45) is 0 Å². The summed E-state index contributed by atoms with van der Waals surface area (Å²) in [5.74, 6) is -0.234. The first kappa shape index (κ1) is 11.6. The van der Waals surface area contributed by atoms with E-state index >= 15 is 0 Å². The molecule has 0 aliphatic rings. The summed E-state index contributed by atoms with van der Waals surface area (Å²) in [6, 6.07) is 8.53. The highest BCUT2D eigenvalue weighted by molar-refractivity contribution is 7.15. The molecule has 0 atom stereocenters. The minimum Gasteiger partial charge on any atom is -0.315 e. The summed E-state index contributed by atoms with van der Waals surface area (Å²) in [5, 5.41) is 3.62. The van der Waals surface area contributed by atoms with Crippen LogP contribution in [0.4, 0.5) is 4.39 Å². The summed E-state index contributed by atoms with van der Waals surface area (Å²) in [6.45, 7) is 0.798. The van der Waals surface area contributed by atoms with Crippen molar-refractivity contribution in [1.82, 2.24) is 5.32 Å². The summed E-state index contributed by atoms with van der Waals surface area (Å²) < 4.78 is 13.6. The molecule has 1 N–H and O–H groups in total. The number of halogens is 2. The lowest BCUT2D eigenvalue weighted by Crippen LogP contribution is -2.02. The largest absolute Gasteiger partial charge is 0.315 e. The van der Waals surface area contributed by atoms with Crippen molar-refractivity contribution >= 4 is 22.9 Å². The van der Waals surface area contributed by atoms with Crippen LogP contribution in [0.15, 0.2) is 30.3 Å². The van der Waals surface area contributed by atoms with E-state index in [0.717, 1.165) is 11.4 Å². The van der Waals surface area contributed by atoms with Gasteiger partial charge in [0.25, 0.3) is 0 Å². The predicted molar refractivity (Wildman–Crippen MR) is 67.5 cm³/mol. The molecule has 0 amide bonds. The molecule has 0 aliphatic carbocycles. The van der Waals surface area contributed by atoms with Crippen LogP contribution in [0.5, 0.6) is 0 Å². The molecule has 2 aromatic rings. The zero-order valence-electron chi connectivity index (χ0n) is 8.76. The van der Waals surface area contributed by atoms with Gasteiger partial charge in [0.15, 0.2) is 0 Å². The molecule has 1 heterocycles. The number of hydrogen-bond acceptors (Lipinski definition) is 2. The quantitative estimate of drug-likeness (QED) is 0.876. The third kappa shape index (κ3) is 2.43. The van der Waals surface area contributed by atoms with Gasteiger partial charge in [0.2, 0.25) is 0 Å². The SMILES string of the molecule is CNCc1ccc(-c2cc(Cl)ccc2F)s1. The summed E-state index contributed by atoms with van der Waals surface area (Å²) in [5.41, 5.74) is 0.569. The molecule has 1 aromatic carbocycles. The molecule has 0 saturated carbocycles. The van der Waals surface area contributed by atoms with Gasteiger partial charge in [-0.15, -0.1) is 11.3 Å². The second-order valence-corrected chi connectivity index (χ2v) is 5.03. The Balaban J connectivity index is 2.38. The number of thiophene rings is 1. The van der Waals surface area contributed by atoms with E-state index in [0.29, 0.717) is 10.6 Å². The van der Waals surface area contributed by atoms with Gasteiger partial charge in [-0.1, -0.05) is 11.6 Å². The molecule has 0 bridgehead atoms. The summed E-state index contributed by atoms with van der Waals surface area (Å²) in [4.78, 5) is 2.09. The molecule has 0 aliphatic heterocycles. The molecular formula is C12H11ClFNS. The van der Waals surface area contributed by atoms with E-state index in [-0.39, 0.29) is 5.82 Å². The number of nitrogens with one attached hydrogen (secondary N) is 1. The Morgan fingerprint density at radius 2 is 2.12 bits per heavy atom. The summed E-state index contributed by atoms with van der Waals surface area (Å²) in [6.07, 6.45) is 0. The van der Waals surface area contributed by atoms with Gasteiger partial charge in [0.05, 0.1) is 0 Å². The average molecular weight is 256 g/mol. The Morgan fingerprint density at radius 3 is 2.88 bits per heavy atom. The highest BCUT2D eigenvalue weighted by Crippen LogP contribution is 2.31. The Hall–Kier alpha value is -0.900. The molecule has 0 spiro atoms. The van der Waals surface area contributed by atoms with Crippen LogP contribution in [-0.2, 0) is 6.54 Å². The lowest BCUT2D eigenvalue weighted by atomic mass is 10.2. The van der Waals surface area contributed by atoms with Crippen molar-refractivity contribution in [3.63, 3.8) is 0 Å². The molecule has 84 valence electrons. The molecule has 2 rings (SSSR count). The first-order valence-electron chi connectivity index (χ1n) is 4.89. The van der Waals surface area contributed by atoms with Crippen LogP contribution in [-0.4, -0.2) is 7.05 Å². The van der Waals surface area contributed by atoms with Crippen molar-refractivity contribution in [3.8, 4) is 10.4 Å². The van der Waals surface area contributed by atoms with Crippen LogP contribution in [0.2, 0.25) is 5.02 Å². The molecule has 1 aromatic heterocycles. The standard InChI is InChI=1S/C12H11ClFNS/c1-15-7-9-3-5-12(16-9)10-6-8(13)2-4-11(10)14/h2-6,15H,7H2,1H3. The second-order valence-electron chi connectivity index (χ2n) is 3.42. The van der Waals surface area contributed by atoms with Gasteiger partial charge in [0.1, 0.15) is 5.82 Å². The second kappa shape index (κ2) is 4.95. The Kier molecular flexibility index (Phi) is 3.59. The van der Waals surface area contributed by atoms with Gasteiger partial charge in [-0.25, -0.2) is 4.39 Å². The topological polar surface area (TPSA) is 12.0 Å². The maximum Gasteiger partial charge on any atom is 0.131 e. The molecule has 0 unspecified atom stereocenters. The molecule has 0 radical (unpaired) electrons. The molecule has 0 fully saturated rings. The fourth-order valence-electron chi connectivity index (χ4n) is 1.48. The number of hydrogen-bond donors (Lipinski definition) is 1. The van der Waals surface area contributed by atoms with Crippen molar-refractivity contribution in [2.75, 3.05) is 7.05 Å². The van der Waals surface area contributed by atoms with Crippen LogP contribution in [0, 0.1) is 5.82 Å². The molecule has 1 nitrogen and oxygen atoms in total. The maximum absolute atomic E-state index is 13.6. The van der Waals surface area contributed by atoms with Gasteiger partial charge in [-0.2, -0.15) is 0 Å². The maximum atomic E-state index is 13.6.